The first-order valence-corrected chi connectivity index (χ1v) is 8.63. The van der Waals surface area contributed by atoms with Gasteiger partial charge in [0, 0.05) is 29.2 Å². The fourth-order valence-electron chi connectivity index (χ4n) is 2.53. The molecule has 5 nitrogen and oxygen atoms in total. The van der Waals surface area contributed by atoms with E-state index in [1.807, 2.05) is 38.2 Å². The van der Waals surface area contributed by atoms with Gasteiger partial charge in [-0.25, -0.2) is 4.83 Å². The summed E-state index contributed by atoms with van der Waals surface area (Å²) in [5.74, 6) is 0. The maximum atomic E-state index is 12.1. The normalized spacial score (nSPS) is 12.1. The predicted octanol–water partition coefficient (Wildman–Crippen LogP) is 2.80. The molecule has 118 valence electrons. The molecule has 0 amide bonds. The second kappa shape index (κ2) is 5.89. The van der Waals surface area contributed by atoms with Crippen LogP contribution < -0.4 is 4.83 Å². The third-order valence-corrected chi connectivity index (χ3v) is 5.11. The molecule has 1 N–H and O–H groups in total. The number of nitrogens with zero attached hydrogens (tertiary/aromatic N) is 2. The van der Waals surface area contributed by atoms with Crippen LogP contribution in [-0.2, 0) is 17.1 Å². The van der Waals surface area contributed by atoms with Crippen molar-refractivity contribution < 1.29 is 8.42 Å². The Morgan fingerprint density at radius 2 is 1.70 bits per heavy atom. The second-order valence-corrected chi connectivity index (χ2v) is 6.90. The fourth-order valence-corrected chi connectivity index (χ4v) is 3.34. The highest BCUT2D eigenvalue weighted by atomic mass is 32.2. The van der Waals surface area contributed by atoms with Gasteiger partial charge in [0.25, 0.3) is 10.0 Å². The van der Waals surface area contributed by atoms with Crippen LogP contribution in [0, 0.1) is 6.92 Å². The molecule has 6 heteroatoms. The first kappa shape index (κ1) is 15.3. The molecule has 0 aliphatic heterocycles. The standard InChI is InChI=1S/C17H17N3O2S/c1-13-16(15-10-6-7-11-17(15)20(13)2)12-18-19-23(21,22)14-8-4-3-5-9-14/h3-12,19H,1-2H3/b18-12+. The van der Waals surface area contributed by atoms with Gasteiger partial charge < -0.3 is 4.57 Å². The van der Waals surface area contributed by atoms with Gasteiger partial charge in [-0.15, -0.1) is 0 Å². The van der Waals surface area contributed by atoms with Gasteiger partial charge in [0.1, 0.15) is 0 Å². The molecule has 0 atom stereocenters. The molecule has 0 aliphatic carbocycles. The summed E-state index contributed by atoms with van der Waals surface area (Å²) in [5, 5.41) is 4.97. The van der Waals surface area contributed by atoms with Crippen molar-refractivity contribution in [1.29, 1.82) is 0 Å². The summed E-state index contributed by atoms with van der Waals surface area (Å²) in [6, 6.07) is 16.1. The number of fused-ring (bicyclic) bond motifs is 1. The molecule has 0 aliphatic rings. The number of rotatable bonds is 4. The van der Waals surface area contributed by atoms with Crippen molar-refractivity contribution in [2.45, 2.75) is 11.8 Å². The zero-order valence-electron chi connectivity index (χ0n) is 12.9. The summed E-state index contributed by atoms with van der Waals surface area (Å²) in [6.07, 6.45) is 1.55. The minimum absolute atomic E-state index is 0.187. The topological polar surface area (TPSA) is 63.5 Å². The van der Waals surface area contributed by atoms with Gasteiger partial charge in [0.2, 0.25) is 0 Å². The van der Waals surface area contributed by atoms with Gasteiger partial charge in [0.15, 0.2) is 0 Å². The summed E-state index contributed by atoms with van der Waals surface area (Å²) in [6.45, 7) is 1.98. The Labute approximate surface area is 135 Å². The summed E-state index contributed by atoms with van der Waals surface area (Å²) in [4.78, 5) is 2.44. The smallest absolute Gasteiger partial charge is 0.276 e. The zero-order chi connectivity index (χ0) is 16.4. The first-order valence-electron chi connectivity index (χ1n) is 7.14. The average Bonchev–Trinajstić information content (AvgIpc) is 2.81. The van der Waals surface area contributed by atoms with E-state index in [9.17, 15) is 8.42 Å². The summed E-state index contributed by atoms with van der Waals surface area (Å²) in [7, 11) is -1.67. The molecule has 0 saturated heterocycles. The minimum Gasteiger partial charge on any atom is -0.347 e. The van der Waals surface area contributed by atoms with Crippen LogP contribution in [0.5, 0.6) is 0 Å². The Kier molecular flexibility index (Phi) is 3.92. The lowest BCUT2D eigenvalue weighted by Gasteiger charge is -2.02. The van der Waals surface area contributed by atoms with E-state index in [4.69, 9.17) is 0 Å². The summed E-state index contributed by atoms with van der Waals surface area (Å²) < 4.78 is 26.4. The van der Waals surface area contributed by atoms with Crippen molar-refractivity contribution in [3.8, 4) is 0 Å². The molecular weight excluding hydrogens is 310 g/mol. The van der Waals surface area contributed by atoms with Gasteiger partial charge in [-0.1, -0.05) is 36.4 Å². The maximum Gasteiger partial charge on any atom is 0.276 e. The number of hydrazone groups is 1. The Balaban J connectivity index is 1.91. The number of hydrogen-bond donors (Lipinski definition) is 1. The van der Waals surface area contributed by atoms with Gasteiger partial charge in [0.05, 0.1) is 11.1 Å². The largest absolute Gasteiger partial charge is 0.347 e. The Hall–Kier alpha value is -2.60. The van der Waals surface area contributed by atoms with Gasteiger partial charge in [-0.2, -0.15) is 13.5 Å². The van der Waals surface area contributed by atoms with Gasteiger partial charge >= 0.3 is 0 Å². The fraction of sp³-hybridized carbons (Fsp3) is 0.118. The van der Waals surface area contributed by atoms with Crippen LogP contribution in [0.25, 0.3) is 10.9 Å². The number of para-hydroxylation sites is 1. The molecule has 0 fully saturated rings. The van der Waals surface area contributed by atoms with Crippen LogP contribution >= 0.6 is 0 Å². The van der Waals surface area contributed by atoms with Crippen LogP contribution in [0.2, 0.25) is 0 Å². The van der Waals surface area contributed by atoms with Crippen LogP contribution in [0.3, 0.4) is 0 Å². The van der Waals surface area contributed by atoms with Crippen molar-refractivity contribution in [2.24, 2.45) is 12.1 Å². The molecule has 3 aromatic rings. The molecule has 3 rings (SSSR count). The van der Waals surface area contributed by atoms with E-state index in [1.165, 1.54) is 12.1 Å². The minimum atomic E-state index is -3.64. The third-order valence-electron chi connectivity index (χ3n) is 3.87. The maximum absolute atomic E-state index is 12.1. The SMILES string of the molecule is Cc1c(/C=N/NS(=O)(=O)c2ccccc2)c2ccccc2n1C. The van der Waals surface area contributed by atoms with Crippen molar-refractivity contribution >= 4 is 27.1 Å². The average molecular weight is 327 g/mol. The van der Waals surface area contributed by atoms with Crippen molar-refractivity contribution in [3.63, 3.8) is 0 Å². The van der Waals surface area contributed by atoms with E-state index >= 15 is 0 Å². The van der Waals surface area contributed by atoms with Crippen molar-refractivity contribution in [2.75, 3.05) is 0 Å². The van der Waals surface area contributed by atoms with Crippen LogP contribution in [-0.4, -0.2) is 19.2 Å². The number of aryl methyl sites for hydroxylation is 1. The first-order chi connectivity index (χ1) is 11.0. The predicted molar refractivity (Wildman–Crippen MR) is 92.0 cm³/mol. The number of sulfonamides is 1. The van der Waals surface area contributed by atoms with Crippen LogP contribution in [0.15, 0.2) is 64.6 Å². The lowest BCUT2D eigenvalue weighted by Crippen LogP contribution is -2.18. The lowest BCUT2D eigenvalue weighted by atomic mass is 10.1. The number of hydrogen-bond acceptors (Lipinski definition) is 3. The molecule has 0 spiro atoms. The molecule has 1 heterocycles. The third kappa shape index (κ3) is 2.85. The molecule has 23 heavy (non-hydrogen) atoms. The molecule has 1 aromatic heterocycles. The van der Waals surface area contributed by atoms with Gasteiger partial charge in [-0.05, 0) is 25.1 Å². The monoisotopic (exact) mass is 327 g/mol. The van der Waals surface area contributed by atoms with E-state index in [2.05, 4.69) is 14.5 Å². The number of benzene rings is 2. The van der Waals surface area contributed by atoms with E-state index in [0.29, 0.717) is 0 Å². The van der Waals surface area contributed by atoms with E-state index in [1.54, 1.807) is 24.4 Å². The van der Waals surface area contributed by atoms with Crippen molar-refractivity contribution in [1.82, 2.24) is 9.40 Å². The molecule has 2 aromatic carbocycles. The van der Waals surface area contributed by atoms with Crippen LogP contribution in [0.1, 0.15) is 11.3 Å². The Bertz CT molecular complexity index is 974. The summed E-state index contributed by atoms with van der Waals surface area (Å²) >= 11 is 0. The second-order valence-electron chi connectivity index (χ2n) is 5.24. The lowest BCUT2D eigenvalue weighted by molar-refractivity contribution is 0.584. The van der Waals surface area contributed by atoms with E-state index < -0.39 is 10.0 Å². The quantitative estimate of drug-likeness (QED) is 0.591. The molecule has 0 radical (unpaired) electrons. The van der Waals surface area contributed by atoms with E-state index in [0.717, 1.165) is 22.2 Å². The van der Waals surface area contributed by atoms with Crippen LogP contribution in [0.4, 0.5) is 0 Å². The zero-order valence-corrected chi connectivity index (χ0v) is 13.7. The Morgan fingerprint density at radius 3 is 2.43 bits per heavy atom. The van der Waals surface area contributed by atoms with E-state index in [-0.39, 0.29) is 4.90 Å². The highest BCUT2D eigenvalue weighted by molar-refractivity contribution is 7.89. The molecule has 0 unspecified atom stereocenters. The molecular formula is C17H17N3O2S. The highest BCUT2D eigenvalue weighted by Gasteiger charge is 2.12. The summed E-state index contributed by atoms with van der Waals surface area (Å²) in [5.41, 5.74) is 3.00. The Morgan fingerprint density at radius 1 is 1.04 bits per heavy atom. The number of nitrogens with one attached hydrogen (secondary N) is 1. The van der Waals surface area contributed by atoms with Crippen molar-refractivity contribution in [3.05, 3.63) is 65.9 Å². The molecule has 0 saturated carbocycles. The number of aromatic nitrogens is 1. The van der Waals surface area contributed by atoms with Gasteiger partial charge in [-0.3, -0.25) is 0 Å². The molecule has 0 bridgehead atoms. The highest BCUT2D eigenvalue weighted by Crippen LogP contribution is 2.23.